The molecule has 2 heterocycles. The van der Waals surface area contributed by atoms with Gasteiger partial charge in [-0.1, -0.05) is 0 Å². The number of aromatic nitrogens is 1. The van der Waals surface area contributed by atoms with E-state index in [0.717, 1.165) is 4.47 Å². The van der Waals surface area contributed by atoms with Gasteiger partial charge in [0.05, 0.1) is 11.0 Å². The van der Waals surface area contributed by atoms with Crippen LogP contribution in [0.1, 0.15) is 16.7 Å². The van der Waals surface area contributed by atoms with Gasteiger partial charge in [-0.05, 0) is 37.9 Å². The van der Waals surface area contributed by atoms with Gasteiger partial charge in [0.25, 0.3) is 5.91 Å². The minimum Gasteiger partial charge on any atom is -0.371 e. The molecule has 1 aromatic heterocycles. The minimum absolute atomic E-state index is 0.170. The Bertz CT molecular complexity index is 375. The molecular formula is C7H6Br2N2O2. The highest BCUT2D eigenvalue weighted by Gasteiger charge is 2.26. The van der Waals surface area contributed by atoms with Gasteiger partial charge in [-0.25, -0.2) is 0 Å². The SMILES string of the molecule is O=C1NC[C@H](O)n2c1cc(Br)c2Br. The van der Waals surface area contributed by atoms with E-state index in [2.05, 4.69) is 37.2 Å². The molecule has 1 aromatic rings. The molecule has 2 N–H and O–H groups in total. The van der Waals surface area contributed by atoms with Crippen molar-refractivity contribution >= 4 is 37.8 Å². The van der Waals surface area contributed by atoms with Gasteiger partial charge in [0, 0.05) is 0 Å². The van der Waals surface area contributed by atoms with Gasteiger partial charge in [0.15, 0.2) is 0 Å². The first-order valence-electron chi connectivity index (χ1n) is 3.63. The summed E-state index contributed by atoms with van der Waals surface area (Å²) >= 11 is 6.55. The first-order valence-corrected chi connectivity index (χ1v) is 5.22. The normalized spacial score (nSPS) is 21.2. The van der Waals surface area contributed by atoms with Crippen molar-refractivity contribution in [1.82, 2.24) is 9.88 Å². The molecule has 70 valence electrons. The van der Waals surface area contributed by atoms with Crippen LogP contribution in [0.25, 0.3) is 0 Å². The van der Waals surface area contributed by atoms with Gasteiger partial charge in [-0.3, -0.25) is 4.79 Å². The maximum Gasteiger partial charge on any atom is 0.268 e. The molecule has 0 unspecified atom stereocenters. The number of carbonyl (C=O) groups is 1. The van der Waals surface area contributed by atoms with Crippen LogP contribution in [0.3, 0.4) is 0 Å². The third kappa shape index (κ3) is 1.33. The minimum atomic E-state index is -0.701. The summed E-state index contributed by atoms with van der Waals surface area (Å²) in [6, 6.07) is 1.67. The van der Waals surface area contributed by atoms with Crippen LogP contribution >= 0.6 is 31.9 Å². The van der Waals surface area contributed by atoms with Crippen LogP contribution < -0.4 is 5.32 Å². The standard InChI is InChI=1S/C7H6Br2N2O2/c8-3-1-4-7(13)10-2-5(12)11(4)6(3)9/h1,5,12H,2H2,(H,10,13)/t5-/m0/s1. The summed E-state index contributed by atoms with van der Waals surface area (Å²) in [5.74, 6) is -0.170. The van der Waals surface area contributed by atoms with E-state index in [-0.39, 0.29) is 12.5 Å². The van der Waals surface area contributed by atoms with Crippen LogP contribution in [0.5, 0.6) is 0 Å². The number of halogens is 2. The second-order valence-corrected chi connectivity index (χ2v) is 4.33. The molecule has 0 aliphatic carbocycles. The molecule has 2 rings (SSSR count). The van der Waals surface area contributed by atoms with Crippen molar-refractivity contribution in [3.8, 4) is 0 Å². The Morgan fingerprint density at radius 2 is 2.31 bits per heavy atom. The fourth-order valence-corrected chi connectivity index (χ4v) is 2.25. The van der Waals surface area contributed by atoms with Crippen molar-refractivity contribution in [3.05, 3.63) is 20.8 Å². The number of hydrogen-bond acceptors (Lipinski definition) is 2. The lowest BCUT2D eigenvalue weighted by atomic mass is 10.3. The lowest BCUT2D eigenvalue weighted by Crippen LogP contribution is -2.38. The number of β-amino-alcohol motifs (C(OH)–C–C–N with tert-alkyl or cyclic N) is 1. The number of carbonyl (C=O) groups excluding carboxylic acids is 1. The fraction of sp³-hybridized carbons (Fsp3) is 0.286. The monoisotopic (exact) mass is 308 g/mol. The number of fused-ring (bicyclic) bond motifs is 1. The number of amides is 1. The molecule has 1 amide bonds. The van der Waals surface area contributed by atoms with Gasteiger partial charge in [0.2, 0.25) is 0 Å². The molecule has 0 bridgehead atoms. The molecule has 0 saturated heterocycles. The van der Waals surface area contributed by atoms with Crippen molar-refractivity contribution in [2.45, 2.75) is 6.23 Å². The molecule has 0 saturated carbocycles. The van der Waals surface area contributed by atoms with Crippen LogP contribution in [-0.2, 0) is 0 Å². The third-order valence-electron chi connectivity index (χ3n) is 1.91. The number of aliphatic hydroxyl groups is 1. The second kappa shape index (κ2) is 3.11. The van der Waals surface area contributed by atoms with E-state index in [4.69, 9.17) is 0 Å². The van der Waals surface area contributed by atoms with Crippen LogP contribution in [0.15, 0.2) is 15.1 Å². The molecule has 1 atom stereocenters. The summed E-state index contributed by atoms with van der Waals surface area (Å²) in [6.07, 6.45) is -0.701. The molecule has 0 radical (unpaired) electrons. The smallest absolute Gasteiger partial charge is 0.268 e. The lowest BCUT2D eigenvalue weighted by molar-refractivity contribution is 0.0653. The Hall–Kier alpha value is -0.330. The van der Waals surface area contributed by atoms with E-state index in [9.17, 15) is 9.90 Å². The summed E-state index contributed by atoms with van der Waals surface area (Å²) in [4.78, 5) is 11.3. The largest absolute Gasteiger partial charge is 0.371 e. The summed E-state index contributed by atoms with van der Waals surface area (Å²) < 4.78 is 2.99. The third-order valence-corrected chi connectivity index (χ3v) is 3.85. The fourth-order valence-electron chi connectivity index (χ4n) is 1.30. The van der Waals surface area contributed by atoms with Crippen LogP contribution in [0.2, 0.25) is 0 Å². The number of hydrogen-bond donors (Lipinski definition) is 2. The first-order chi connectivity index (χ1) is 6.11. The molecule has 13 heavy (non-hydrogen) atoms. The predicted molar refractivity (Wildman–Crippen MR) is 53.4 cm³/mol. The Labute approximate surface area is 91.2 Å². The topological polar surface area (TPSA) is 54.3 Å². The van der Waals surface area contributed by atoms with Gasteiger partial charge in [-0.15, -0.1) is 0 Å². The molecule has 1 aliphatic rings. The van der Waals surface area contributed by atoms with Crippen molar-refractivity contribution in [2.75, 3.05) is 6.54 Å². The highest BCUT2D eigenvalue weighted by atomic mass is 79.9. The van der Waals surface area contributed by atoms with Crippen molar-refractivity contribution < 1.29 is 9.90 Å². The van der Waals surface area contributed by atoms with Crippen LogP contribution in [0.4, 0.5) is 0 Å². The maximum absolute atomic E-state index is 11.3. The Morgan fingerprint density at radius 3 is 2.92 bits per heavy atom. The Kier molecular flexibility index (Phi) is 2.21. The van der Waals surface area contributed by atoms with Crippen molar-refractivity contribution in [3.63, 3.8) is 0 Å². The van der Waals surface area contributed by atoms with Gasteiger partial charge in [-0.2, -0.15) is 0 Å². The number of rotatable bonds is 0. The molecule has 0 fully saturated rings. The molecule has 0 spiro atoms. The Balaban J connectivity index is 2.63. The lowest BCUT2D eigenvalue weighted by Gasteiger charge is -2.22. The number of aliphatic hydroxyl groups excluding tert-OH is 1. The highest BCUT2D eigenvalue weighted by Crippen LogP contribution is 2.31. The van der Waals surface area contributed by atoms with Crippen LogP contribution in [0, 0.1) is 0 Å². The number of nitrogens with one attached hydrogen (secondary N) is 1. The average Bonchev–Trinajstić information content (AvgIpc) is 2.38. The Morgan fingerprint density at radius 1 is 1.62 bits per heavy atom. The van der Waals surface area contributed by atoms with Crippen molar-refractivity contribution in [1.29, 1.82) is 0 Å². The maximum atomic E-state index is 11.3. The zero-order valence-electron chi connectivity index (χ0n) is 6.42. The van der Waals surface area contributed by atoms with E-state index >= 15 is 0 Å². The predicted octanol–water partition coefficient (Wildman–Crippen LogP) is 1.25. The zero-order chi connectivity index (χ0) is 9.59. The van der Waals surface area contributed by atoms with Gasteiger partial charge >= 0.3 is 0 Å². The van der Waals surface area contributed by atoms with Gasteiger partial charge in [0.1, 0.15) is 16.5 Å². The van der Waals surface area contributed by atoms with E-state index in [1.54, 1.807) is 10.6 Å². The number of nitrogens with zero attached hydrogens (tertiary/aromatic N) is 1. The summed E-state index contributed by atoms with van der Waals surface area (Å²) in [5.41, 5.74) is 0.456. The summed E-state index contributed by atoms with van der Waals surface area (Å²) in [5, 5.41) is 12.1. The highest BCUT2D eigenvalue weighted by molar-refractivity contribution is 9.13. The first kappa shape index (κ1) is 9.23. The average molecular weight is 310 g/mol. The van der Waals surface area contributed by atoms with E-state index < -0.39 is 6.23 Å². The summed E-state index contributed by atoms with van der Waals surface area (Å²) in [6.45, 7) is 0.242. The van der Waals surface area contributed by atoms with E-state index in [0.29, 0.717) is 10.3 Å². The molecular weight excluding hydrogens is 304 g/mol. The van der Waals surface area contributed by atoms with E-state index in [1.165, 1.54) is 0 Å². The quantitative estimate of drug-likeness (QED) is 0.758. The van der Waals surface area contributed by atoms with Crippen molar-refractivity contribution in [2.24, 2.45) is 0 Å². The van der Waals surface area contributed by atoms with E-state index in [1.807, 2.05) is 0 Å². The zero-order valence-corrected chi connectivity index (χ0v) is 9.59. The summed E-state index contributed by atoms with van der Waals surface area (Å²) in [7, 11) is 0. The second-order valence-electron chi connectivity index (χ2n) is 2.73. The molecule has 0 aromatic carbocycles. The molecule has 4 nitrogen and oxygen atoms in total. The van der Waals surface area contributed by atoms with Gasteiger partial charge < -0.3 is 15.0 Å². The molecule has 6 heteroatoms. The van der Waals surface area contributed by atoms with Crippen LogP contribution in [-0.4, -0.2) is 22.1 Å². The molecule has 1 aliphatic heterocycles.